The number of carboxylic acids is 1. The second-order valence-corrected chi connectivity index (χ2v) is 9.59. The van der Waals surface area contributed by atoms with E-state index in [-0.39, 0.29) is 17.6 Å². The van der Waals surface area contributed by atoms with Crippen LogP contribution in [-0.2, 0) is 4.79 Å². The number of carbonyl (C=O) groups excluding carboxylic acids is 2. The highest BCUT2D eigenvalue weighted by Crippen LogP contribution is 2.30. The third-order valence-corrected chi connectivity index (χ3v) is 7.34. The first-order valence-electron chi connectivity index (χ1n) is 11.2. The zero-order chi connectivity index (χ0) is 23.4. The first kappa shape index (κ1) is 22.9. The van der Waals surface area contributed by atoms with Gasteiger partial charge >= 0.3 is 5.97 Å². The molecule has 6 heteroatoms. The first-order valence-corrected chi connectivity index (χ1v) is 12.1. The minimum absolute atomic E-state index is 0.0553. The van der Waals surface area contributed by atoms with Crippen molar-refractivity contribution in [1.82, 2.24) is 5.32 Å². The highest BCUT2D eigenvalue weighted by molar-refractivity contribution is 7.12. The highest BCUT2D eigenvalue weighted by atomic mass is 32.1. The molecule has 3 aromatic rings. The molecule has 1 heterocycles. The van der Waals surface area contributed by atoms with Gasteiger partial charge in [0.25, 0.3) is 5.91 Å². The van der Waals surface area contributed by atoms with Gasteiger partial charge in [0.1, 0.15) is 0 Å². The standard InChI is InChI=1S/C27H27NO4S/c1-17(29)19-6-8-20(9-7-19)21-10-12-22(13-11-21)24-14-25(33-16-24)26(30)28-15-18-2-4-23(5-3-18)27(31)32/h6-14,16,18,23H,2-5,15H2,1H3,(H,28,30)(H,31,32). The number of nitrogens with one attached hydrogen (secondary N) is 1. The molecule has 5 nitrogen and oxygen atoms in total. The summed E-state index contributed by atoms with van der Waals surface area (Å²) in [5, 5.41) is 14.1. The highest BCUT2D eigenvalue weighted by Gasteiger charge is 2.26. The van der Waals surface area contributed by atoms with Crippen LogP contribution in [0.4, 0.5) is 0 Å². The van der Waals surface area contributed by atoms with Crippen LogP contribution < -0.4 is 5.32 Å². The number of thiophene rings is 1. The van der Waals surface area contributed by atoms with Crippen molar-refractivity contribution in [2.75, 3.05) is 6.54 Å². The summed E-state index contributed by atoms with van der Waals surface area (Å²) in [6, 6.07) is 17.7. The molecule has 1 amide bonds. The zero-order valence-corrected chi connectivity index (χ0v) is 19.4. The van der Waals surface area contributed by atoms with E-state index in [1.807, 2.05) is 60.0 Å². The average molecular weight is 462 g/mol. The van der Waals surface area contributed by atoms with Gasteiger partial charge in [0.05, 0.1) is 10.8 Å². The van der Waals surface area contributed by atoms with Crippen LogP contribution in [0.5, 0.6) is 0 Å². The van der Waals surface area contributed by atoms with Gasteiger partial charge in [-0.25, -0.2) is 0 Å². The number of ketones is 1. The summed E-state index contributed by atoms with van der Waals surface area (Å²) in [7, 11) is 0. The molecule has 2 aromatic carbocycles. The van der Waals surface area contributed by atoms with E-state index in [9.17, 15) is 14.4 Å². The van der Waals surface area contributed by atoms with Crippen molar-refractivity contribution in [2.24, 2.45) is 11.8 Å². The van der Waals surface area contributed by atoms with Crippen LogP contribution in [0.25, 0.3) is 22.3 Å². The van der Waals surface area contributed by atoms with Crippen molar-refractivity contribution in [2.45, 2.75) is 32.6 Å². The van der Waals surface area contributed by atoms with Gasteiger partial charge in [-0.2, -0.15) is 0 Å². The number of rotatable bonds is 7. The predicted molar refractivity (Wildman–Crippen MR) is 131 cm³/mol. The van der Waals surface area contributed by atoms with E-state index in [4.69, 9.17) is 5.11 Å². The molecule has 1 aliphatic rings. The van der Waals surface area contributed by atoms with Crippen LogP contribution in [0.1, 0.15) is 52.6 Å². The summed E-state index contributed by atoms with van der Waals surface area (Å²) in [6.07, 6.45) is 3.07. The summed E-state index contributed by atoms with van der Waals surface area (Å²) < 4.78 is 0. The van der Waals surface area contributed by atoms with Gasteiger partial charge in [0.15, 0.2) is 5.78 Å². The number of benzene rings is 2. The van der Waals surface area contributed by atoms with Crippen LogP contribution in [0.2, 0.25) is 0 Å². The Morgan fingerprint density at radius 2 is 1.42 bits per heavy atom. The van der Waals surface area contributed by atoms with E-state index in [0.29, 0.717) is 35.7 Å². The van der Waals surface area contributed by atoms with Gasteiger partial charge in [-0.1, -0.05) is 48.5 Å². The fraction of sp³-hybridized carbons (Fsp3) is 0.296. The van der Waals surface area contributed by atoms with Crippen LogP contribution in [0, 0.1) is 11.8 Å². The number of hydrogen-bond donors (Lipinski definition) is 2. The third-order valence-electron chi connectivity index (χ3n) is 6.41. The molecule has 1 fully saturated rings. The minimum atomic E-state index is -0.706. The topological polar surface area (TPSA) is 83.5 Å². The largest absolute Gasteiger partial charge is 0.481 e. The Balaban J connectivity index is 1.34. The maximum atomic E-state index is 12.6. The first-order chi connectivity index (χ1) is 15.9. The van der Waals surface area contributed by atoms with E-state index in [0.717, 1.165) is 35.1 Å². The van der Waals surface area contributed by atoms with Crippen LogP contribution in [0.3, 0.4) is 0 Å². The Hall–Kier alpha value is -3.25. The molecule has 0 bridgehead atoms. The second-order valence-electron chi connectivity index (χ2n) is 8.68. The molecule has 170 valence electrons. The Morgan fingerprint density at radius 3 is 1.97 bits per heavy atom. The second kappa shape index (κ2) is 10.1. The molecular weight excluding hydrogens is 434 g/mol. The van der Waals surface area contributed by atoms with Crippen molar-refractivity contribution < 1.29 is 19.5 Å². The van der Waals surface area contributed by atoms with Crippen molar-refractivity contribution in [3.8, 4) is 22.3 Å². The zero-order valence-electron chi connectivity index (χ0n) is 18.5. The lowest BCUT2D eigenvalue weighted by Crippen LogP contribution is -2.32. The van der Waals surface area contributed by atoms with Crippen molar-refractivity contribution >= 4 is 29.0 Å². The molecule has 0 aliphatic heterocycles. The molecule has 4 rings (SSSR count). The fourth-order valence-electron chi connectivity index (χ4n) is 4.30. The van der Waals surface area contributed by atoms with E-state index in [1.54, 1.807) is 6.92 Å². The number of carboxylic acid groups (broad SMARTS) is 1. The number of amides is 1. The summed E-state index contributed by atoms with van der Waals surface area (Å²) in [4.78, 5) is 35.8. The summed E-state index contributed by atoms with van der Waals surface area (Å²) in [5.41, 5.74) is 4.87. The number of carbonyl (C=O) groups is 3. The molecule has 0 saturated heterocycles. The monoisotopic (exact) mass is 461 g/mol. The normalized spacial score (nSPS) is 18.0. The van der Waals surface area contributed by atoms with Crippen LogP contribution in [0.15, 0.2) is 60.0 Å². The quantitative estimate of drug-likeness (QED) is 0.429. The lowest BCUT2D eigenvalue weighted by molar-refractivity contribution is -0.143. The van der Waals surface area contributed by atoms with Crippen molar-refractivity contribution in [1.29, 1.82) is 0 Å². The maximum absolute atomic E-state index is 12.6. The van der Waals surface area contributed by atoms with E-state index >= 15 is 0 Å². The molecule has 0 atom stereocenters. The van der Waals surface area contributed by atoms with Gasteiger partial charge in [-0.05, 0) is 72.2 Å². The predicted octanol–water partition coefficient (Wildman–Crippen LogP) is 5.91. The van der Waals surface area contributed by atoms with E-state index in [1.165, 1.54) is 11.3 Å². The molecule has 0 unspecified atom stereocenters. The molecule has 2 N–H and O–H groups in total. The molecule has 0 radical (unpaired) electrons. The Labute approximate surface area is 197 Å². The van der Waals surface area contributed by atoms with Crippen molar-refractivity contribution in [3.63, 3.8) is 0 Å². The number of hydrogen-bond acceptors (Lipinski definition) is 4. The third kappa shape index (κ3) is 5.57. The average Bonchev–Trinajstić information content (AvgIpc) is 3.33. The number of Topliss-reactive ketones (excluding diaryl/α,β-unsaturated/α-hetero) is 1. The van der Waals surface area contributed by atoms with Crippen LogP contribution in [-0.4, -0.2) is 29.3 Å². The smallest absolute Gasteiger partial charge is 0.306 e. The van der Waals surface area contributed by atoms with Crippen LogP contribution >= 0.6 is 11.3 Å². The maximum Gasteiger partial charge on any atom is 0.306 e. The lowest BCUT2D eigenvalue weighted by atomic mass is 9.82. The fourth-order valence-corrected chi connectivity index (χ4v) is 5.13. The molecular formula is C27H27NO4S. The molecule has 33 heavy (non-hydrogen) atoms. The molecule has 1 aromatic heterocycles. The molecule has 1 aliphatic carbocycles. The van der Waals surface area contributed by atoms with Gasteiger partial charge in [0, 0.05) is 12.1 Å². The van der Waals surface area contributed by atoms with Gasteiger partial charge in [-0.3, -0.25) is 14.4 Å². The molecule has 1 saturated carbocycles. The van der Waals surface area contributed by atoms with E-state index in [2.05, 4.69) is 5.32 Å². The van der Waals surface area contributed by atoms with E-state index < -0.39 is 5.97 Å². The summed E-state index contributed by atoms with van der Waals surface area (Å²) in [5.74, 6) is -0.611. The summed E-state index contributed by atoms with van der Waals surface area (Å²) in [6.45, 7) is 2.15. The Kier molecular flexibility index (Phi) is 7.04. The minimum Gasteiger partial charge on any atom is -0.481 e. The number of aliphatic carboxylic acids is 1. The lowest BCUT2D eigenvalue weighted by Gasteiger charge is -2.26. The van der Waals surface area contributed by atoms with Crippen molar-refractivity contribution in [3.05, 3.63) is 70.4 Å². The van der Waals surface area contributed by atoms with Gasteiger partial charge < -0.3 is 10.4 Å². The SMILES string of the molecule is CC(=O)c1ccc(-c2ccc(-c3csc(C(=O)NCC4CCC(C(=O)O)CC4)c3)cc2)cc1. The Bertz CT molecular complexity index is 1140. The molecule has 0 spiro atoms. The van der Waals surface area contributed by atoms with Gasteiger partial charge in [-0.15, -0.1) is 11.3 Å². The summed E-state index contributed by atoms with van der Waals surface area (Å²) >= 11 is 1.43. The van der Waals surface area contributed by atoms with Gasteiger partial charge in [0.2, 0.25) is 0 Å². The Morgan fingerprint density at radius 1 is 0.879 bits per heavy atom.